The Balaban J connectivity index is 1.54. The van der Waals surface area contributed by atoms with Crippen LogP contribution >= 0.6 is 0 Å². The molecule has 25 heavy (non-hydrogen) atoms. The summed E-state index contributed by atoms with van der Waals surface area (Å²) in [6.07, 6.45) is 3.87. The standard InChI is InChI=1S/C19H20F2N2O2/c20-16-3-1-14(17(21)10-16)2-4-19(25)23-11-15(18(24)12-23)9-13-5-7-22-8-6-13/h1,3,5-8,10,15,18,24H,2,4,9,11-12H2/t15-,18+/m1/s1. The normalized spacial score (nSPS) is 20.0. The van der Waals surface area contributed by atoms with E-state index in [1.54, 1.807) is 17.3 Å². The first-order valence-corrected chi connectivity index (χ1v) is 8.31. The number of rotatable bonds is 5. The van der Waals surface area contributed by atoms with Gasteiger partial charge in [-0.1, -0.05) is 6.07 Å². The van der Waals surface area contributed by atoms with Crippen LogP contribution in [0.5, 0.6) is 0 Å². The van der Waals surface area contributed by atoms with Gasteiger partial charge < -0.3 is 10.0 Å². The number of carbonyl (C=O) groups excluding carboxylic acids is 1. The largest absolute Gasteiger partial charge is 0.391 e. The molecule has 2 atom stereocenters. The number of carbonyl (C=O) groups is 1. The smallest absolute Gasteiger partial charge is 0.223 e. The number of likely N-dealkylation sites (tertiary alicyclic amines) is 1. The Morgan fingerprint density at radius 2 is 1.96 bits per heavy atom. The van der Waals surface area contributed by atoms with Crippen molar-refractivity contribution in [2.75, 3.05) is 13.1 Å². The second kappa shape index (κ2) is 7.70. The molecular formula is C19H20F2N2O2. The molecule has 0 radical (unpaired) electrons. The number of aromatic nitrogens is 1. The third-order valence-electron chi connectivity index (χ3n) is 4.63. The lowest BCUT2D eigenvalue weighted by molar-refractivity contribution is -0.130. The monoisotopic (exact) mass is 346 g/mol. The first-order chi connectivity index (χ1) is 12.0. The zero-order valence-electron chi connectivity index (χ0n) is 13.7. The molecule has 2 aromatic rings. The van der Waals surface area contributed by atoms with Gasteiger partial charge in [0.1, 0.15) is 11.6 Å². The van der Waals surface area contributed by atoms with Crippen molar-refractivity contribution < 1.29 is 18.7 Å². The van der Waals surface area contributed by atoms with E-state index >= 15 is 0 Å². The Hall–Kier alpha value is -2.34. The fourth-order valence-electron chi connectivity index (χ4n) is 3.20. The Morgan fingerprint density at radius 3 is 2.68 bits per heavy atom. The van der Waals surface area contributed by atoms with E-state index in [4.69, 9.17) is 0 Å². The van der Waals surface area contributed by atoms with Crippen molar-refractivity contribution >= 4 is 5.91 Å². The van der Waals surface area contributed by atoms with E-state index in [1.807, 2.05) is 12.1 Å². The molecular weight excluding hydrogens is 326 g/mol. The van der Waals surface area contributed by atoms with Crippen molar-refractivity contribution in [3.8, 4) is 0 Å². The number of aliphatic hydroxyl groups is 1. The van der Waals surface area contributed by atoms with Crippen LogP contribution in [0.3, 0.4) is 0 Å². The number of β-amino-alcohol motifs (C(OH)–C–C–N with tert-alkyl or cyclic N) is 1. The van der Waals surface area contributed by atoms with Crippen LogP contribution in [-0.2, 0) is 17.6 Å². The van der Waals surface area contributed by atoms with Crippen molar-refractivity contribution in [2.45, 2.75) is 25.4 Å². The van der Waals surface area contributed by atoms with Gasteiger partial charge in [0, 0.05) is 43.9 Å². The maximum atomic E-state index is 13.6. The number of amides is 1. The van der Waals surface area contributed by atoms with E-state index < -0.39 is 17.7 Å². The molecule has 1 aliphatic rings. The Bertz CT molecular complexity index is 739. The lowest BCUT2D eigenvalue weighted by atomic mass is 9.97. The van der Waals surface area contributed by atoms with Crippen LogP contribution in [0, 0.1) is 17.6 Å². The molecule has 4 nitrogen and oxygen atoms in total. The van der Waals surface area contributed by atoms with Gasteiger partial charge in [-0.25, -0.2) is 8.78 Å². The second-order valence-corrected chi connectivity index (χ2v) is 6.42. The molecule has 0 saturated carbocycles. The summed E-state index contributed by atoms with van der Waals surface area (Å²) in [4.78, 5) is 17.9. The first-order valence-electron chi connectivity index (χ1n) is 8.31. The highest BCUT2D eigenvalue weighted by Gasteiger charge is 2.33. The predicted octanol–water partition coefficient (Wildman–Crippen LogP) is 2.35. The van der Waals surface area contributed by atoms with Crippen LogP contribution in [0.15, 0.2) is 42.7 Å². The molecule has 1 fully saturated rings. The highest BCUT2D eigenvalue weighted by atomic mass is 19.1. The summed E-state index contributed by atoms with van der Waals surface area (Å²) in [5, 5.41) is 10.2. The number of nitrogens with zero attached hydrogens (tertiary/aromatic N) is 2. The van der Waals surface area contributed by atoms with Gasteiger partial charge >= 0.3 is 0 Å². The average Bonchev–Trinajstić information content (AvgIpc) is 2.95. The average molecular weight is 346 g/mol. The molecule has 0 bridgehead atoms. The van der Waals surface area contributed by atoms with Crippen LogP contribution in [-0.4, -0.2) is 40.1 Å². The zero-order chi connectivity index (χ0) is 17.8. The van der Waals surface area contributed by atoms with Crippen LogP contribution in [0.1, 0.15) is 17.5 Å². The van der Waals surface area contributed by atoms with Gasteiger partial charge in [-0.05, 0) is 42.2 Å². The minimum Gasteiger partial charge on any atom is -0.391 e. The number of benzene rings is 1. The summed E-state index contributed by atoms with van der Waals surface area (Å²) in [7, 11) is 0. The number of pyridine rings is 1. The van der Waals surface area contributed by atoms with Gasteiger partial charge in [-0.3, -0.25) is 9.78 Å². The highest BCUT2D eigenvalue weighted by molar-refractivity contribution is 5.76. The van der Waals surface area contributed by atoms with Crippen LogP contribution < -0.4 is 0 Å². The minimum absolute atomic E-state index is 0.0195. The number of aryl methyl sites for hydroxylation is 1. The summed E-state index contributed by atoms with van der Waals surface area (Å²) in [6, 6.07) is 7.17. The van der Waals surface area contributed by atoms with Gasteiger partial charge in [0.25, 0.3) is 0 Å². The molecule has 0 aliphatic carbocycles. The van der Waals surface area contributed by atoms with Gasteiger partial charge in [-0.2, -0.15) is 0 Å². The molecule has 1 aromatic carbocycles. The first kappa shape index (κ1) is 17.5. The Morgan fingerprint density at radius 1 is 1.20 bits per heavy atom. The van der Waals surface area contributed by atoms with Gasteiger partial charge in [0.05, 0.1) is 6.10 Å². The van der Waals surface area contributed by atoms with E-state index in [1.165, 1.54) is 12.1 Å². The molecule has 0 spiro atoms. The maximum absolute atomic E-state index is 13.6. The molecule has 1 aliphatic heterocycles. The predicted molar refractivity (Wildman–Crippen MR) is 88.7 cm³/mol. The minimum atomic E-state index is -0.634. The van der Waals surface area contributed by atoms with Gasteiger partial charge in [-0.15, -0.1) is 0 Å². The summed E-state index contributed by atoms with van der Waals surface area (Å²) >= 11 is 0. The highest BCUT2D eigenvalue weighted by Crippen LogP contribution is 2.22. The number of aliphatic hydroxyl groups excluding tert-OH is 1. The topological polar surface area (TPSA) is 53.4 Å². The second-order valence-electron chi connectivity index (χ2n) is 6.42. The fraction of sp³-hybridized carbons (Fsp3) is 0.368. The van der Waals surface area contributed by atoms with Crippen molar-refractivity contribution in [1.29, 1.82) is 0 Å². The number of halogens is 2. The van der Waals surface area contributed by atoms with E-state index in [2.05, 4.69) is 4.98 Å². The Labute approximate surface area is 145 Å². The molecule has 1 saturated heterocycles. The fourth-order valence-corrected chi connectivity index (χ4v) is 3.20. The van der Waals surface area contributed by atoms with E-state index in [-0.39, 0.29) is 24.7 Å². The quantitative estimate of drug-likeness (QED) is 0.904. The zero-order valence-corrected chi connectivity index (χ0v) is 13.7. The molecule has 3 rings (SSSR count). The molecule has 1 amide bonds. The third kappa shape index (κ3) is 4.39. The van der Waals surface area contributed by atoms with E-state index in [0.29, 0.717) is 25.1 Å². The van der Waals surface area contributed by atoms with Crippen molar-refractivity contribution in [2.24, 2.45) is 5.92 Å². The lowest BCUT2D eigenvalue weighted by Gasteiger charge is -2.16. The lowest BCUT2D eigenvalue weighted by Crippen LogP contribution is -2.29. The summed E-state index contributed by atoms with van der Waals surface area (Å²) in [6.45, 7) is 0.773. The summed E-state index contributed by atoms with van der Waals surface area (Å²) < 4.78 is 26.5. The van der Waals surface area contributed by atoms with Crippen LogP contribution in [0.25, 0.3) is 0 Å². The number of hydrogen-bond acceptors (Lipinski definition) is 3. The van der Waals surface area contributed by atoms with E-state index in [0.717, 1.165) is 11.6 Å². The van der Waals surface area contributed by atoms with E-state index in [9.17, 15) is 18.7 Å². The van der Waals surface area contributed by atoms with Crippen molar-refractivity contribution in [1.82, 2.24) is 9.88 Å². The molecule has 0 unspecified atom stereocenters. The summed E-state index contributed by atoms with van der Waals surface area (Å²) in [5.41, 5.74) is 1.39. The summed E-state index contributed by atoms with van der Waals surface area (Å²) in [5.74, 6) is -1.41. The van der Waals surface area contributed by atoms with Gasteiger partial charge in [0.15, 0.2) is 0 Å². The molecule has 132 valence electrons. The molecule has 2 heterocycles. The Kier molecular flexibility index (Phi) is 5.38. The molecule has 1 N–H and O–H groups in total. The number of hydrogen-bond donors (Lipinski definition) is 1. The molecule has 1 aromatic heterocycles. The van der Waals surface area contributed by atoms with Crippen molar-refractivity contribution in [3.05, 3.63) is 65.5 Å². The SMILES string of the molecule is O=C(CCc1ccc(F)cc1F)N1C[C@@H](Cc2ccncc2)[C@@H](O)C1. The van der Waals surface area contributed by atoms with Crippen LogP contribution in [0.4, 0.5) is 8.78 Å². The van der Waals surface area contributed by atoms with Gasteiger partial charge in [0.2, 0.25) is 5.91 Å². The van der Waals surface area contributed by atoms with Crippen LogP contribution in [0.2, 0.25) is 0 Å². The van der Waals surface area contributed by atoms with Crippen molar-refractivity contribution in [3.63, 3.8) is 0 Å². The third-order valence-corrected chi connectivity index (χ3v) is 4.63. The maximum Gasteiger partial charge on any atom is 0.223 e. The molecule has 6 heteroatoms.